The summed E-state index contributed by atoms with van der Waals surface area (Å²) < 4.78 is 0. The molecule has 0 aliphatic heterocycles. The number of aryl methyl sites for hydroxylation is 1. The zero-order valence-corrected chi connectivity index (χ0v) is 9.34. The Balaban J connectivity index is 2.50. The summed E-state index contributed by atoms with van der Waals surface area (Å²) in [7, 11) is 0. The summed E-state index contributed by atoms with van der Waals surface area (Å²) in [5.41, 5.74) is 2.94. The molecule has 4 nitrogen and oxygen atoms in total. The SMILES string of the molecule is Cc1cnc(-c2ccccc2)c(NC(=O)O)c1. The average Bonchev–Trinajstić information content (AvgIpc) is 2.29. The lowest BCUT2D eigenvalue weighted by Gasteiger charge is -2.09. The van der Waals surface area contributed by atoms with Crippen molar-refractivity contribution < 1.29 is 9.90 Å². The highest BCUT2D eigenvalue weighted by molar-refractivity contribution is 5.89. The number of aromatic nitrogens is 1. The van der Waals surface area contributed by atoms with Crippen LogP contribution in [0.25, 0.3) is 11.3 Å². The van der Waals surface area contributed by atoms with E-state index < -0.39 is 6.09 Å². The maximum atomic E-state index is 10.7. The van der Waals surface area contributed by atoms with Crippen molar-refractivity contribution in [2.75, 3.05) is 5.32 Å². The van der Waals surface area contributed by atoms with E-state index in [1.165, 1.54) is 0 Å². The molecule has 0 bridgehead atoms. The third-order valence-corrected chi connectivity index (χ3v) is 2.31. The van der Waals surface area contributed by atoms with Crippen LogP contribution in [0.1, 0.15) is 5.56 Å². The highest BCUT2D eigenvalue weighted by Gasteiger charge is 2.08. The summed E-state index contributed by atoms with van der Waals surface area (Å²) in [5.74, 6) is 0. The molecule has 0 unspecified atom stereocenters. The predicted molar refractivity (Wildman–Crippen MR) is 66.1 cm³/mol. The van der Waals surface area contributed by atoms with Crippen molar-refractivity contribution in [2.24, 2.45) is 0 Å². The number of carbonyl (C=O) groups is 1. The van der Waals surface area contributed by atoms with Crippen LogP contribution >= 0.6 is 0 Å². The van der Waals surface area contributed by atoms with Crippen LogP contribution in [0.3, 0.4) is 0 Å². The van der Waals surface area contributed by atoms with Crippen LogP contribution in [0.15, 0.2) is 42.6 Å². The number of benzene rings is 1. The average molecular weight is 228 g/mol. The minimum absolute atomic E-state index is 0.503. The topological polar surface area (TPSA) is 62.2 Å². The Morgan fingerprint density at radius 3 is 2.65 bits per heavy atom. The van der Waals surface area contributed by atoms with Crippen molar-refractivity contribution in [3.63, 3.8) is 0 Å². The largest absolute Gasteiger partial charge is 0.465 e. The summed E-state index contributed by atoms with van der Waals surface area (Å²) in [6.07, 6.45) is 0.629. The van der Waals surface area contributed by atoms with Gasteiger partial charge in [-0.2, -0.15) is 0 Å². The fourth-order valence-corrected chi connectivity index (χ4v) is 1.61. The molecule has 2 aromatic rings. The van der Waals surface area contributed by atoms with Crippen molar-refractivity contribution in [1.82, 2.24) is 4.98 Å². The Hall–Kier alpha value is -2.36. The van der Waals surface area contributed by atoms with E-state index in [0.29, 0.717) is 11.4 Å². The molecular formula is C13H12N2O2. The molecule has 1 heterocycles. The third kappa shape index (κ3) is 2.60. The molecule has 86 valence electrons. The number of hydrogen-bond acceptors (Lipinski definition) is 2. The van der Waals surface area contributed by atoms with E-state index in [0.717, 1.165) is 11.1 Å². The van der Waals surface area contributed by atoms with Gasteiger partial charge in [-0.3, -0.25) is 10.3 Å². The molecule has 17 heavy (non-hydrogen) atoms. The molecule has 1 aromatic heterocycles. The Labute approximate surface area is 98.9 Å². The number of carboxylic acid groups (broad SMARTS) is 1. The number of nitrogens with zero attached hydrogens (tertiary/aromatic N) is 1. The van der Waals surface area contributed by atoms with E-state index in [-0.39, 0.29) is 0 Å². The minimum Gasteiger partial charge on any atom is -0.465 e. The molecule has 2 rings (SSSR count). The van der Waals surface area contributed by atoms with Gasteiger partial charge >= 0.3 is 6.09 Å². The first-order chi connectivity index (χ1) is 8.16. The second-order valence-electron chi connectivity index (χ2n) is 3.71. The number of anilines is 1. The smallest absolute Gasteiger partial charge is 0.409 e. The van der Waals surface area contributed by atoms with E-state index in [1.807, 2.05) is 37.3 Å². The molecule has 0 radical (unpaired) electrons. The van der Waals surface area contributed by atoms with Gasteiger partial charge in [0.25, 0.3) is 0 Å². The first kappa shape index (κ1) is 11.1. The van der Waals surface area contributed by atoms with Gasteiger partial charge in [0.2, 0.25) is 0 Å². The van der Waals surface area contributed by atoms with E-state index in [9.17, 15) is 4.79 Å². The zero-order chi connectivity index (χ0) is 12.3. The molecule has 2 N–H and O–H groups in total. The van der Waals surface area contributed by atoms with Crippen LogP contribution in [-0.4, -0.2) is 16.2 Å². The van der Waals surface area contributed by atoms with E-state index >= 15 is 0 Å². The van der Waals surface area contributed by atoms with Gasteiger partial charge in [-0.05, 0) is 18.6 Å². The lowest BCUT2D eigenvalue weighted by molar-refractivity contribution is 0.210. The maximum absolute atomic E-state index is 10.7. The molecule has 0 spiro atoms. The van der Waals surface area contributed by atoms with Crippen LogP contribution in [0, 0.1) is 6.92 Å². The summed E-state index contributed by atoms with van der Waals surface area (Å²) in [5, 5.41) is 11.2. The fraction of sp³-hybridized carbons (Fsp3) is 0.0769. The monoisotopic (exact) mass is 228 g/mol. The number of nitrogens with one attached hydrogen (secondary N) is 1. The third-order valence-electron chi connectivity index (χ3n) is 2.31. The van der Waals surface area contributed by atoms with Gasteiger partial charge in [0, 0.05) is 11.8 Å². The van der Waals surface area contributed by atoms with Crippen molar-refractivity contribution in [1.29, 1.82) is 0 Å². The van der Waals surface area contributed by atoms with Crippen LogP contribution in [-0.2, 0) is 0 Å². The molecule has 1 aromatic carbocycles. The van der Waals surface area contributed by atoms with Crippen LogP contribution in [0.5, 0.6) is 0 Å². The van der Waals surface area contributed by atoms with Gasteiger partial charge in [0.05, 0.1) is 11.4 Å². The zero-order valence-electron chi connectivity index (χ0n) is 9.34. The second kappa shape index (κ2) is 4.65. The minimum atomic E-state index is -1.09. The van der Waals surface area contributed by atoms with Gasteiger partial charge < -0.3 is 5.11 Å². The van der Waals surface area contributed by atoms with Gasteiger partial charge in [0.1, 0.15) is 0 Å². The molecule has 0 saturated carbocycles. The Morgan fingerprint density at radius 2 is 2.00 bits per heavy atom. The standard InChI is InChI=1S/C13H12N2O2/c1-9-7-11(15-13(16)17)12(14-8-9)10-5-3-2-4-6-10/h2-8,15H,1H3,(H,16,17). The molecule has 0 atom stereocenters. The normalized spacial score (nSPS) is 9.94. The molecule has 0 saturated heterocycles. The maximum Gasteiger partial charge on any atom is 0.409 e. The lowest BCUT2D eigenvalue weighted by Crippen LogP contribution is -2.09. The van der Waals surface area contributed by atoms with Gasteiger partial charge in [-0.15, -0.1) is 0 Å². The van der Waals surface area contributed by atoms with Crippen LogP contribution in [0.4, 0.5) is 10.5 Å². The summed E-state index contributed by atoms with van der Waals surface area (Å²) in [6, 6.07) is 11.2. The van der Waals surface area contributed by atoms with Crippen LogP contribution < -0.4 is 5.32 Å². The molecule has 1 amide bonds. The highest BCUT2D eigenvalue weighted by Crippen LogP contribution is 2.26. The predicted octanol–water partition coefficient (Wildman–Crippen LogP) is 3.15. The Kier molecular flexibility index (Phi) is 3.05. The lowest BCUT2D eigenvalue weighted by atomic mass is 10.1. The van der Waals surface area contributed by atoms with Crippen molar-refractivity contribution in [3.8, 4) is 11.3 Å². The van der Waals surface area contributed by atoms with Gasteiger partial charge in [0.15, 0.2) is 0 Å². The quantitative estimate of drug-likeness (QED) is 0.829. The first-order valence-electron chi connectivity index (χ1n) is 5.19. The van der Waals surface area contributed by atoms with Crippen LogP contribution in [0.2, 0.25) is 0 Å². The van der Waals surface area contributed by atoms with Crippen molar-refractivity contribution >= 4 is 11.8 Å². The number of rotatable bonds is 2. The van der Waals surface area contributed by atoms with Crippen molar-refractivity contribution in [2.45, 2.75) is 6.92 Å². The Morgan fingerprint density at radius 1 is 1.29 bits per heavy atom. The summed E-state index contributed by atoms with van der Waals surface area (Å²) in [4.78, 5) is 15.0. The summed E-state index contributed by atoms with van der Waals surface area (Å²) in [6.45, 7) is 1.87. The van der Waals surface area contributed by atoms with E-state index in [2.05, 4.69) is 10.3 Å². The molecule has 0 fully saturated rings. The number of amides is 1. The first-order valence-corrected chi connectivity index (χ1v) is 5.19. The number of pyridine rings is 1. The molecule has 4 heteroatoms. The molecular weight excluding hydrogens is 216 g/mol. The van der Waals surface area contributed by atoms with Gasteiger partial charge in [-0.25, -0.2) is 4.79 Å². The highest BCUT2D eigenvalue weighted by atomic mass is 16.4. The summed E-state index contributed by atoms with van der Waals surface area (Å²) >= 11 is 0. The van der Waals surface area contributed by atoms with E-state index in [4.69, 9.17) is 5.11 Å². The molecule has 0 aliphatic rings. The molecule has 0 aliphatic carbocycles. The van der Waals surface area contributed by atoms with E-state index in [1.54, 1.807) is 12.3 Å². The second-order valence-corrected chi connectivity index (χ2v) is 3.71. The number of hydrogen-bond donors (Lipinski definition) is 2. The Bertz CT molecular complexity index is 538. The van der Waals surface area contributed by atoms with Crippen molar-refractivity contribution in [3.05, 3.63) is 48.2 Å². The fourth-order valence-electron chi connectivity index (χ4n) is 1.61. The van der Waals surface area contributed by atoms with Gasteiger partial charge in [-0.1, -0.05) is 30.3 Å².